The standard InChI is InChI=1S/C20H34N4O/c1-15(2)24-12-9-18(10-13-24)23-20(21-5)22-11-14-25-19-16(3)7-6-8-17(19)4/h6-8,15,18H,9-14H2,1-5H3,(H2,21,22,23). The average Bonchev–Trinajstić information content (AvgIpc) is 2.60. The number of likely N-dealkylation sites (tertiary alicyclic amines) is 1. The number of nitrogens with one attached hydrogen (secondary N) is 2. The van der Waals surface area contributed by atoms with Crippen LogP contribution in [0, 0.1) is 13.8 Å². The van der Waals surface area contributed by atoms with Gasteiger partial charge in [0.1, 0.15) is 12.4 Å². The number of piperidine rings is 1. The lowest BCUT2D eigenvalue weighted by Crippen LogP contribution is -2.50. The Hall–Kier alpha value is -1.75. The van der Waals surface area contributed by atoms with Crippen LogP contribution in [0.2, 0.25) is 0 Å². The highest BCUT2D eigenvalue weighted by Gasteiger charge is 2.21. The van der Waals surface area contributed by atoms with Crippen LogP contribution in [-0.4, -0.2) is 56.2 Å². The van der Waals surface area contributed by atoms with Crippen molar-refractivity contribution in [2.45, 2.75) is 52.6 Å². The van der Waals surface area contributed by atoms with Crippen molar-refractivity contribution in [2.75, 3.05) is 33.3 Å². The lowest BCUT2D eigenvalue weighted by atomic mass is 10.0. The van der Waals surface area contributed by atoms with Crippen molar-refractivity contribution in [1.29, 1.82) is 0 Å². The fraction of sp³-hybridized carbons (Fsp3) is 0.650. The van der Waals surface area contributed by atoms with Crippen molar-refractivity contribution in [1.82, 2.24) is 15.5 Å². The summed E-state index contributed by atoms with van der Waals surface area (Å²) >= 11 is 0. The molecule has 2 rings (SSSR count). The lowest BCUT2D eigenvalue weighted by molar-refractivity contribution is 0.167. The molecule has 1 aliphatic heterocycles. The molecule has 0 atom stereocenters. The molecule has 2 N–H and O–H groups in total. The summed E-state index contributed by atoms with van der Waals surface area (Å²) in [7, 11) is 1.82. The number of hydrogen-bond acceptors (Lipinski definition) is 3. The van der Waals surface area contributed by atoms with Gasteiger partial charge in [0.05, 0.1) is 6.54 Å². The molecule has 1 aromatic rings. The maximum Gasteiger partial charge on any atom is 0.191 e. The number of guanidine groups is 1. The van der Waals surface area contributed by atoms with Gasteiger partial charge in [-0.1, -0.05) is 18.2 Å². The SMILES string of the molecule is CN=C(NCCOc1c(C)cccc1C)NC1CCN(C(C)C)CC1. The van der Waals surface area contributed by atoms with Gasteiger partial charge in [-0.15, -0.1) is 0 Å². The molecule has 1 heterocycles. The highest BCUT2D eigenvalue weighted by molar-refractivity contribution is 5.79. The Morgan fingerprint density at radius 3 is 2.44 bits per heavy atom. The molecule has 0 amide bonds. The molecule has 5 heteroatoms. The fourth-order valence-electron chi connectivity index (χ4n) is 3.30. The first-order valence-electron chi connectivity index (χ1n) is 9.41. The summed E-state index contributed by atoms with van der Waals surface area (Å²) < 4.78 is 5.94. The molecule has 25 heavy (non-hydrogen) atoms. The van der Waals surface area contributed by atoms with Crippen molar-refractivity contribution in [3.05, 3.63) is 29.3 Å². The number of ether oxygens (including phenoxy) is 1. The molecule has 140 valence electrons. The molecular formula is C20H34N4O. The Morgan fingerprint density at radius 2 is 1.88 bits per heavy atom. The van der Waals surface area contributed by atoms with Gasteiger partial charge in [-0.3, -0.25) is 4.99 Å². The molecule has 0 radical (unpaired) electrons. The minimum absolute atomic E-state index is 0.501. The molecule has 0 unspecified atom stereocenters. The van der Waals surface area contributed by atoms with Crippen LogP contribution >= 0.6 is 0 Å². The largest absolute Gasteiger partial charge is 0.491 e. The van der Waals surface area contributed by atoms with Gasteiger partial charge in [-0.05, 0) is 51.7 Å². The van der Waals surface area contributed by atoms with E-state index in [0.29, 0.717) is 18.7 Å². The highest BCUT2D eigenvalue weighted by Crippen LogP contribution is 2.21. The Kier molecular flexibility index (Phi) is 7.56. The second-order valence-corrected chi connectivity index (χ2v) is 7.12. The minimum Gasteiger partial charge on any atom is -0.491 e. The van der Waals surface area contributed by atoms with Gasteiger partial charge in [0.25, 0.3) is 0 Å². The molecule has 0 spiro atoms. The maximum atomic E-state index is 5.94. The van der Waals surface area contributed by atoms with E-state index in [0.717, 1.165) is 44.2 Å². The zero-order chi connectivity index (χ0) is 18.2. The number of aliphatic imine (C=N–C) groups is 1. The lowest BCUT2D eigenvalue weighted by Gasteiger charge is -2.35. The van der Waals surface area contributed by atoms with E-state index in [4.69, 9.17) is 4.74 Å². The monoisotopic (exact) mass is 346 g/mol. The third kappa shape index (κ3) is 5.92. The second kappa shape index (κ2) is 9.66. The van der Waals surface area contributed by atoms with Crippen LogP contribution in [0.3, 0.4) is 0 Å². The zero-order valence-electron chi connectivity index (χ0n) is 16.4. The predicted octanol–water partition coefficient (Wildman–Crippen LogP) is 2.72. The van der Waals surface area contributed by atoms with Gasteiger partial charge in [-0.25, -0.2) is 0 Å². The maximum absolute atomic E-state index is 5.94. The Labute approximate surface area is 152 Å². The number of para-hydroxylation sites is 1. The van der Waals surface area contributed by atoms with Crippen molar-refractivity contribution in [3.63, 3.8) is 0 Å². The van der Waals surface area contributed by atoms with E-state index >= 15 is 0 Å². The summed E-state index contributed by atoms with van der Waals surface area (Å²) in [6, 6.07) is 7.37. The summed E-state index contributed by atoms with van der Waals surface area (Å²) in [6.07, 6.45) is 2.33. The van der Waals surface area contributed by atoms with Crippen molar-refractivity contribution < 1.29 is 4.74 Å². The van der Waals surface area contributed by atoms with Gasteiger partial charge in [0.15, 0.2) is 5.96 Å². The molecule has 1 aromatic carbocycles. The first-order chi connectivity index (χ1) is 12.0. The molecule has 1 saturated heterocycles. The van der Waals surface area contributed by atoms with E-state index in [1.807, 2.05) is 7.05 Å². The number of rotatable bonds is 6. The van der Waals surface area contributed by atoms with Crippen LogP contribution in [0.4, 0.5) is 0 Å². The Bertz CT molecular complexity index is 543. The smallest absolute Gasteiger partial charge is 0.191 e. The van der Waals surface area contributed by atoms with Gasteiger partial charge in [-0.2, -0.15) is 0 Å². The number of nitrogens with zero attached hydrogens (tertiary/aromatic N) is 2. The predicted molar refractivity (Wildman–Crippen MR) is 106 cm³/mol. The molecule has 0 aliphatic carbocycles. The Balaban J connectivity index is 1.71. The van der Waals surface area contributed by atoms with Crippen LogP contribution in [0.1, 0.15) is 37.8 Å². The van der Waals surface area contributed by atoms with E-state index in [1.165, 1.54) is 11.1 Å². The van der Waals surface area contributed by atoms with E-state index in [9.17, 15) is 0 Å². The number of hydrogen-bond donors (Lipinski definition) is 2. The van der Waals surface area contributed by atoms with Crippen LogP contribution in [0.5, 0.6) is 5.75 Å². The average molecular weight is 347 g/mol. The highest BCUT2D eigenvalue weighted by atomic mass is 16.5. The summed E-state index contributed by atoms with van der Waals surface area (Å²) in [4.78, 5) is 6.88. The third-order valence-corrected chi connectivity index (χ3v) is 4.87. The van der Waals surface area contributed by atoms with Crippen LogP contribution in [0.15, 0.2) is 23.2 Å². The van der Waals surface area contributed by atoms with Crippen molar-refractivity contribution in [3.8, 4) is 5.75 Å². The minimum atomic E-state index is 0.501. The van der Waals surface area contributed by atoms with Gasteiger partial charge in [0.2, 0.25) is 0 Å². The Morgan fingerprint density at radius 1 is 1.24 bits per heavy atom. The van der Waals surface area contributed by atoms with E-state index in [2.05, 4.69) is 66.4 Å². The van der Waals surface area contributed by atoms with E-state index in [-0.39, 0.29) is 0 Å². The molecule has 0 saturated carbocycles. The van der Waals surface area contributed by atoms with E-state index < -0.39 is 0 Å². The third-order valence-electron chi connectivity index (χ3n) is 4.87. The van der Waals surface area contributed by atoms with Gasteiger partial charge < -0.3 is 20.3 Å². The summed E-state index contributed by atoms with van der Waals surface area (Å²) in [5.74, 6) is 1.86. The molecule has 1 fully saturated rings. The normalized spacial score (nSPS) is 17.0. The number of benzene rings is 1. The molecule has 0 aromatic heterocycles. The van der Waals surface area contributed by atoms with Crippen molar-refractivity contribution >= 4 is 5.96 Å². The molecule has 1 aliphatic rings. The van der Waals surface area contributed by atoms with Gasteiger partial charge >= 0.3 is 0 Å². The zero-order valence-corrected chi connectivity index (χ0v) is 16.4. The molecule has 0 bridgehead atoms. The van der Waals surface area contributed by atoms with Crippen LogP contribution < -0.4 is 15.4 Å². The topological polar surface area (TPSA) is 48.9 Å². The van der Waals surface area contributed by atoms with E-state index in [1.54, 1.807) is 0 Å². The summed E-state index contributed by atoms with van der Waals surface area (Å²) in [5, 5.41) is 6.90. The molecule has 5 nitrogen and oxygen atoms in total. The first kappa shape index (κ1) is 19.6. The summed E-state index contributed by atoms with van der Waals surface area (Å²) in [6.45, 7) is 12.4. The van der Waals surface area contributed by atoms with Gasteiger partial charge in [0, 0.05) is 32.2 Å². The quantitative estimate of drug-likeness (QED) is 0.472. The number of aryl methyl sites for hydroxylation is 2. The molecular weight excluding hydrogens is 312 g/mol. The van der Waals surface area contributed by atoms with Crippen LogP contribution in [-0.2, 0) is 0 Å². The fourth-order valence-corrected chi connectivity index (χ4v) is 3.30. The van der Waals surface area contributed by atoms with Crippen molar-refractivity contribution in [2.24, 2.45) is 4.99 Å². The van der Waals surface area contributed by atoms with Crippen LogP contribution in [0.25, 0.3) is 0 Å². The summed E-state index contributed by atoms with van der Waals surface area (Å²) in [5.41, 5.74) is 2.36. The first-order valence-corrected chi connectivity index (χ1v) is 9.41. The second-order valence-electron chi connectivity index (χ2n) is 7.12.